The molecule has 0 aliphatic carbocycles. The molecule has 0 fully saturated rings. The minimum Gasteiger partial charge on any atom is -0.352 e. The molecule has 0 spiro atoms. The molecule has 0 saturated carbocycles. The van der Waals surface area contributed by atoms with Gasteiger partial charge in [-0.25, -0.2) is 4.98 Å². The van der Waals surface area contributed by atoms with E-state index < -0.39 is 10.8 Å². The smallest absolute Gasteiger partial charge is 0.272 e. The molecular formula is C21H21N5O4. The summed E-state index contributed by atoms with van der Waals surface area (Å²) in [4.78, 5) is 39.6. The highest BCUT2D eigenvalue weighted by molar-refractivity contribution is 6.09. The second-order valence-electron chi connectivity index (χ2n) is 6.67. The molecule has 154 valence electrons. The SMILES string of the molecule is Cc1cc(C(=O)Nc2ccccc2C(=O)NCCCn2ccnc2)ccc1[N+](=O)[O-]. The molecule has 9 heteroatoms. The number of benzene rings is 2. The zero-order chi connectivity index (χ0) is 21.5. The van der Waals surface area contributed by atoms with Gasteiger partial charge in [-0.05, 0) is 37.6 Å². The molecule has 30 heavy (non-hydrogen) atoms. The van der Waals surface area contributed by atoms with Crippen LogP contribution in [0.1, 0.15) is 32.7 Å². The summed E-state index contributed by atoms with van der Waals surface area (Å²) >= 11 is 0. The summed E-state index contributed by atoms with van der Waals surface area (Å²) in [6, 6.07) is 10.8. The van der Waals surface area contributed by atoms with Gasteiger partial charge in [-0.1, -0.05) is 12.1 Å². The van der Waals surface area contributed by atoms with Gasteiger partial charge in [0.1, 0.15) is 0 Å². The Morgan fingerprint density at radius 1 is 1.17 bits per heavy atom. The van der Waals surface area contributed by atoms with Crippen molar-refractivity contribution in [1.82, 2.24) is 14.9 Å². The van der Waals surface area contributed by atoms with E-state index >= 15 is 0 Å². The van der Waals surface area contributed by atoms with Crippen LogP contribution in [-0.2, 0) is 6.54 Å². The highest BCUT2D eigenvalue weighted by atomic mass is 16.6. The fraction of sp³-hybridized carbons (Fsp3) is 0.190. The van der Waals surface area contributed by atoms with Crippen LogP contribution in [0.3, 0.4) is 0 Å². The maximum Gasteiger partial charge on any atom is 0.272 e. The monoisotopic (exact) mass is 407 g/mol. The number of hydrogen-bond donors (Lipinski definition) is 2. The molecule has 3 aromatic rings. The van der Waals surface area contributed by atoms with Gasteiger partial charge in [-0.2, -0.15) is 0 Å². The Labute approximate surface area is 172 Å². The van der Waals surface area contributed by atoms with Crippen LogP contribution in [-0.4, -0.2) is 32.8 Å². The molecule has 0 aliphatic rings. The van der Waals surface area contributed by atoms with Crippen LogP contribution in [0, 0.1) is 17.0 Å². The fourth-order valence-corrected chi connectivity index (χ4v) is 2.96. The van der Waals surface area contributed by atoms with E-state index in [4.69, 9.17) is 0 Å². The molecule has 2 N–H and O–H groups in total. The Kier molecular flexibility index (Phi) is 6.53. The summed E-state index contributed by atoms with van der Waals surface area (Å²) in [7, 11) is 0. The quantitative estimate of drug-likeness (QED) is 0.338. The summed E-state index contributed by atoms with van der Waals surface area (Å²) in [6.45, 7) is 2.78. The molecule has 0 radical (unpaired) electrons. The van der Waals surface area contributed by atoms with E-state index in [2.05, 4.69) is 15.6 Å². The van der Waals surface area contributed by atoms with E-state index in [9.17, 15) is 19.7 Å². The first-order chi connectivity index (χ1) is 14.5. The van der Waals surface area contributed by atoms with Crippen LogP contribution in [0.2, 0.25) is 0 Å². The molecule has 1 heterocycles. The van der Waals surface area contributed by atoms with Gasteiger partial charge >= 0.3 is 0 Å². The number of nitrogens with zero attached hydrogens (tertiary/aromatic N) is 3. The third kappa shape index (κ3) is 5.07. The number of para-hydroxylation sites is 1. The minimum absolute atomic E-state index is 0.0537. The Hall–Kier alpha value is -4.01. The molecule has 9 nitrogen and oxygen atoms in total. The molecule has 0 saturated heterocycles. The number of imidazole rings is 1. The Morgan fingerprint density at radius 3 is 2.67 bits per heavy atom. The first-order valence-corrected chi connectivity index (χ1v) is 9.35. The Morgan fingerprint density at radius 2 is 1.97 bits per heavy atom. The topological polar surface area (TPSA) is 119 Å². The zero-order valence-corrected chi connectivity index (χ0v) is 16.4. The highest BCUT2D eigenvalue weighted by Gasteiger charge is 2.16. The number of rotatable bonds is 8. The van der Waals surface area contributed by atoms with Crippen LogP contribution in [0.5, 0.6) is 0 Å². The van der Waals surface area contributed by atoms with E-state index in [0.29, 0.717) is 23.4 Å². The second-order valence-corrected chi connectivity index (χ2v) is 6.67. The third-order valence-electron chi connectivity index (χ3n) is 4.51. The van der Waals surface area contributed by atoms with Crippen LogP contribution in [0.4, 0.5) is 11.4 Å². The van der Waals surface area contributed by atoms with Crippen molar-refractivity contribution in [3.8, 4) is 0 Å². The van der Waals surface area contributed by atoms with Gasteiger partial charge < -0.3 is 15.2 Å². The lowest BCUT2D eigenvalue weighted by molar-refractivity contribution is -0.385. The molecule has 0 aliphatic heterocycles. The molecular weight excluding hydrogens is 386 g/mol. The van der Waals surface area contributed by atoms with Gasteiger partial charge in [0.25, 0.3) is 17.5 Å². The largest absolute Gasteiger partial charge is 0.352 e. The lowest BCUT2D eigenvalue weighted by Gasteiger charge is -2.12. The molecule has 2 amide bonds. The number of carbonyl (C=O) groups is 2. The number of carbonyl (C=O) groups excluding carboxylic acids is 2. The maximum absolute atomic E-state index is 12.6. The summed E-state index contributed by atoms with van der Waals surface area (Å²) in [5, 5.41) is 16.5. The lowest BCUT2D eigenvalue weighted by Crippen LogP contribution is -2.26. The van der Waals surface area contributed by atoms with Gasteiger partial charge in [0.05, 0.1) is 22.5 Å². The number of anilines is 1. The van der Waals surface area contributed by atoms with E-state index in [1.165, 1.54) is 18.2 Å². The molecule has 0 atom stereocenters. The molecule has 2 aromatic carbocycles. The number of nitro benzene ring substituents is 1. The average Bonchev–Trinajstić information content (AvgIpc) is 3.24. The van der Waals surface area contributed by atoms with Crippen molar-refractivity contribution >= 4 is 23.2 Å². The van der Waals surface area contributed by atoms with Gasteiger partial charge in [0.15, 0.2) is 0 Å². The lowest BCUT2D eigenvalue weighted by atomic mass is 10.1. The molecule has 0 unspecified atom stereocenters. The minimum atomic E-state index is -0.497. The van der Waals surface area contributed by atoms with Crippen LogP contribution < -0.4 is 10.6 Å². The number of nitro groups is 1. The van der Waals surface area contributed by atoms with Crippen molar-refractivity contribution in [3.05, 3.63) is 88.0 Å². The average molecular weight is 407 g/mol. The van der Waals surface area contributed by atoms with Crippen molar-refractivity contribution in [2.24, 2.45) is 0 Å². The number of aryl methyl sites for hydroxylation is 2. The normalized spacial score (nSPS) is 10.4. The first-order valence-electron chi connectivity index (χ1n) is 9.35. The number of hydrogen-bond acceptors (Lipinski definition) is 5. The second kappa shape index (κ2) is 9.46. The number of nitrogens with one attached hydrogen (secondary N) is 2. The van der Waals surface area contributed by atoms with Gasteiger partial charge in [-0.15, -0.1) is 0 Å². The molecule has 0 bridgehead atoms. The molecule has 1 aromatic heterocycles. The van der Waals surface area contributed by atoms with Crippen molar-refractivity contribution < 1.29 is 14.5 Å². The molecule has 3 rings (SSSR count). The van der Waals surface area contributed by atoms with Crippen molar-refractivity contribution in [3.63, 3.8) is 0 Å². The van der Waals surface area contributed by atoms with Crippen LogP contribution in [0.15, 0.2) is 61.2 Å². The van der Waals surface area contributed by atoms with Crippen LogP contribution in [0.25, 0.3) is 0 Å². The zero-order valence-electron chi connectivity index (χ0n) is 16.4. The van der Waals surface area contributed by atoms with Crippen molar-refractivity contribution in [2.75, 3.05) is 11.9 Å². The van der Waals surface area contributed by atoms with Crippen molar-refractivity contribution in [2.45, 2.75) is 19.9 Å². The summed E-state index contributed by atoms with van der Waals surface area (Å²) < 4.78 is 1.92. The predicted molar refractivity (Wildman–Crippen MR) is 111 cm³/mol. The van der Waals surface area contributed by atoms with E-state index in [0.717, 1.165) is 13.0 Å². The number of aromatic nitrogens is 2. The van der Waals surface area contributed by atoms with E-state index in [1.54, 1.807) is 43.7 Å². The van der Waals surface area contributed by atoms with Gasteiger partial charge in [-0.3, -0.25) is 19.7 Å². The standard InChI is InChI=1S/C21H21N5O4/c1-15-13-16(7-8-19(15)26(29)30)20(27)24-18-6-3-2-5-17(18)21(28)23-9-4-11-25-12-10-22-14-25/h2-3,5-8,10,12-14H,4,9,11H2,1H3,(H,23,28)(H,24,27). The third-order valence-corrected chi connectivity index (χ3v) is 4.51. The fourth-order valence-electron chi connectivity index (χ4n) is 2.96. The van der Waals surface area contributed by atoms with E-state index in [1.807, 2.05) is 10.8 Å². The number of amides is 2. The van der Waals surface area contributed by atoms with Crippen LogP contribution >= 0.6 is 0 Å². The maximum atomic E-state index is 12.6. The van der Waals surface area contributed by atoms with Gasteiger partial charge in [0, 0.05) is 42.7 Å². The summed E-state index contributed by atoms with van der Waals surface area (Å²) in [5.74, 6) is -0.746. The first kappa shape index (κ1) is 20.7. The van der Waals surface area contributed by atoms with Gasteiger partial charge in [0.2, 0.25) is 0 Å². The Bertz CT molecular complexity index is 1060. The van der Waals surface area contributed by atoms with E-state index in [-0.39, 0.29) is 17.2 Å². The summed E-state index contributed by atoms with van der Waals surface area (Å²) in [6.07, 6.45) is 6.00. The summed E-state index contributed by atoms with van der Waals surface area (Å²) in [5.41, 5.74) is 1.31. The predicted octanol–water partition coefficient (Wildman–Crippen LogP) is 3.17. The highest BCUT2D eigenvalue weighted by Crippen LogP contribution is 2.21. The Balaban J connectivity index is 1.64. The van der Waals surface area contributed by atoms with Crippen molar-refractivity contribution in [1.29, 1.82) is 0 Å².